The van der Waals surface area contributed by atoms with Gasteiger partial charge in [-0.05, 0) is 73.1 Å². The van der Waals surface area contributed by atoms with Crippen LogP contribution in [-0.2, 0) is 31.1 Å². The second kappa shape index (κ2) is 14.3. The first kappa shape index (κ1) is 36.8. The third-order valence-electron chi connectivity index (χ3n) is 13.0. The van der Waals surface area contributed by atoms with Crippen molar-refractivity contribution < 1.29 is 29.0 Å². The molecule has 0 spiro atoms. The maximum atomic E-state index is 15.5. The number of phenolic OH excluding ortho intramolecular Hbond substituents is 1. The van der Waals surface area contributed by atoms with E-state index in [0.29, 0.717) is 45.6 Å². The monoisotopic (exact) mass is 833 g/mol. The number of aromatic hydroxyl groups is 1. The Kier molecular flexibility index (Phi) is 9.42. The number of carbonyl (C=O) groups is 4. The molecular weight excluding hydrogens is 794 g/mol. The fourth-order valence-electron chi connectivity index (χ4n) is 10.6. The number of hydrogen-bond donors (Lipinski definition) is 1. The zero-order valence-corrected chi connectivity index (χ0v) is 33.2. The highest BCUT2D eigenvalue weighted by Crippen LogP contribution is 2.66. The molecule has 0 radical (unpaired) electrons. The summed E-state index contributed by atoms with van der Waals surface area (Å²) in [6.45, 7) is 2.35. The topological polar surface area (TPSA) is 107 Å². The lowest BCUT2D eigenvalue weighted by Crippen LogP contribution is -2.53. The van der Waals surface area contributed by atoms with Gasteiger partial charge in [0.25, 0.3) is 0 Å². The first-order valence-electron chi connectivity index (χ1n) is 19.2. The standard InChI is InChI=1S/C45H41BrClN3O6/c1-56-37-22-28(46)21-35(40(37)51)39-32-15-16-33-38(43(54)49(41(33)52)30-17-19-48(20-18-30)25-26-9-4-2-5-10-26)34(32)24-36-42(53)50(31-14-8-13-29(47)23-31)44(55)45(36,39)27-11-6-3-7-12-27/h2-15,21-23,30,33-34,36,38-39,51H,16-20,24-25H2,1H3/t33-,34+,36-,38-,39+,45+/m0/s1. The van der Waals surface area contributed by atoms with Crippen LogP contribution in [0.2, 0.25) is 5.02 Å². The van der Waals surface area contributed by atoms with Crippen molar-refractivity contribution in [2.45, 2.75) is 49.6 Å². The van der Waals surface area contributed by atoms with Gasteiger partial charge in [0.15, 0.2) is 11.5 Å². The number of hydrogen-bond acceptors (Lipinski definition) is 7. The van der Waals surface area contributed by atoms with Gasteiger partial charge in [-0.1, -0.05) is 106 Å². The van der Waals surface area contributed by atoms with Gasteiger partial charge in [0.1, 0.15) is 0 Å². The van der Waals surface area contributed by atoms with Crippen molar-refractivity contribution in [3.05, 3.63) is 135 Å². The van der Waals surface area contributed by atoms with Gasteiger partial charge in [-0.25, -0.2) is 4.90 Å². The Balaban J connectivity index is 1.15. The van der Waals surface area contributed by atoms with Crippen molar-refractivity contribution in [2.24, 2.45) is 23.7 Å². The van der Waals surface area contributed by atoms with E-state index in [1.54, 1.807) is 41.3 Å². The first-order valence-corrected chi connectivity index (χ1v) is 20.4. The number of phenols is 1. The Hall–Kier alpha value is -4.77. The Bertz CT molecular complexity index is 2280. The number of methoxy groups -OCH3 is 1. The molecule has 4 aromatic carbocycles. The second-order valence-corrected chi connectivity index (χ2v) is 17.0. The normalized spacial score (nSPS) is 27.9. The van der Waals surface area contributed by atoms with Crippen molar-refractivity contribution >= 4 is 56.8 Å². The maximum Gasteiger partial charge on any atom is 0.246 e. The van der Waals surface area contributed by atoms with Crippen molar-refractivity contribution in [2.75, 3.05) is 25.1 Å². The molecule has 5 aliphatic rings. The number of carbonyl (C=O) groups excluding carboxylic acids is 4. The number of piperidine rings is 1. The average molecular weight is 835 g/mol. The molecule has 286 valence electrons. The summed E-state index contributed by atoms with van der Waals surface area (Å²) >= 11 is 10.1. The third kappa shape index (κ3) is 5.66. The van der Waals surface area contributed by atoms with Gasteiger partial charge in [-0.2, -0.15) is 0 Å². The number of amides is 4. The highest BCUT2D eigenvalue weighted by molar-refractivity contribution is 9.10. The largest absolute Gasteiger partial charge is 0.504 e. The lowest BCUT2D eigenvalue weighted by Gasteiger charge is -2.50. The molecule has 56 heavy (non-hydrogen) atoms. The van der Waals surface area contributed by atoms with Crippen LogP contribution >= 0.6 is 27.5 Å². The van der Waals surface area contributed by atoms with E-state index in [4.69, 9.17) is 16.3 Å². The highest BCUT2D eigenvalue weighted by Gasteiger charge is 2.70. The number of imide groups is 2. The molecule has 9 nitrogen and oxygen atoms in total. The van der Waals surface area contributed by atoms with E-state index in [0.717, 1.165) is 25.2 Å². The molecule has 3 saturated heterocycles. The molecule has 0 unspecified atom stereocenters. The van der Waals surface area contributed by atoms with Gasteiger partial charge < -0.3 is 9.84 Å². The van der Waals surface area contributed by atoms with Gasteiger partial charge in [-0.3, -0.25) is 29.0 Å². The molecular formula is C45H41BrClN3O6. The van der Waals surface area contributed by atoms with Crippen LogP contribution in [0, 0.1) is 23.7 Å². The fourth-order valence-corrected chi connectivity index (χ4v) is 11.3. The Morgan fingerprint density at radius 2 is 1.57 bits per heavy atom. The van der Waals surface area contributed by atoms with Crippen LogP contribution in [0.15, 0.2) is 113 Å². The van der Waals surface area contributed by atoms with Crippen LogP contribution in [0.5, 0.6) is 11.5 Å². The van der Waals surface area contributed by atoms with E-state index in [2.05, 4.69) is 33.0 Å². The Labute approximate surface area is 339 Å². The number of allylic oxidation sites excluding steroid dienone is 2. The SMILES string of the molecule is COc1cc(Br)cc([C@H]2C3=CC[C@@H]4C(=O)N(C5CCN(Cc6ccccc6)CC5)C(=O)[C@@H]4[C@@H]3C[C@H]3C(=O)N(c4cccc(Cl)c4)C(=O)[C@@]23c2ccccc2)c1O. The van der Waals surface area contributed by atoms with Gasteiger partial charge in [0.05, 0.1) is 36.0 Å². The zero-order valence-electron chi connectivity index (χ0n) is 30.8. The zero-order chi connectivity index (χ0) is 38.9. The van der Waals surface area contributed by atoms with Gasteiger partial charge in [-0.15, -0.1) is 0 Å². The van der Waals surface area contributed by atoms with Crippen LogP contribution < -0.4 is 9.64 Å². The number of fused-ring (bicyclic) bond motifs is 4. The van der Waals surface area contributed by atoms with E-state index in [-0.39, 0.29) is 35.8 Å². The number of ether oxygens (including phenoxy) is 1. The summed E-state index contributed by atoms with van der Waals surface area (Å²) in [6, 6.07) is 29.5. The highest BCUT2D eigenvalue weighted by atomic mass is 79.9. The van der Waals surface area contributed by atoms with Crippen LogP contribution in [-0.4, -0.2) is 64.8 Å². The average Bonchev–Trinajstić information content (AvgIpc) is 3.60. The molecule has 0 aromatic heterocycles. The minimum Gasteiger partial charge on any atom is -0.504 e. The number of nitrogens with zero attached hydrogens (tertiary/aromatic N) is 3. The van der Waals surface area contributed by atoms with Crippen molar-refractivity contribution in [3.8, 4) is 11.5 Å². The lowest BCUT2D eigenvalue weighted by atomic mass is 9.49. The number of rotatable bonds is 7. The predicted molar refractivity (Wildman–Crippen MR) is 215 cm³/mol. The molecule has 4 amide bonds. The number of likely N-dealkylation sites (tertiary alicyclic amines) is 2. The molecule has 6 atom stereocenters. The minimum absolute atomic E-state index is 0.155. The number of benzene rings is 4. The van der Waals surface area contributed by atoms with Gasteiger partial charge in [0.2, 0.25) is 23.6 Å². The van der Waals surface area contributed by atoms with Crippen LogP contribution in [0.4, 0.5) is 5.69 Å². The summed E-state index contributed by atoms with van der Waals surface area (Å²) in [5.41, 5.74) is 1.85. The van der Waals surface area contributed by atoms with Crippen molar-refractivity contribution in [1.82, 2.24) is 9.80 Å². The Morgan fingerprint density at radius 1 is 0.857 bits per heavy atom. The van der Waals surface area contributed by atoms with E-state index >= 15 is 9.59 Å². The molecule has 9 rings (SSSR count). The van der Waals surface area contributed by atoms with Crippen LogP contribution in [0.3, 0.4) is 0 Å². The molecule has 1 N–H and O–H groups in total. The van der Waals surface area contributed by atoms with E-state index in [1.807, 2.05) is 54.6 Å². The summed E-state index contributed by atoms with van der Waals surface area (Å²) in [7, 11) is 1.46. The molecule has 3 heterocycles. The molecule has 4 fully saturated rings. The van der Waals surface area contributed by atoms with E-state index in [1.165, 1.54) is 17.6 Å². The summed E-state index contributed by atoms with van der Waals surface area (Å²) in [6.07, 6.45) is 3.87. The van der Waals surface area contributed by atoms with Crippen molar-refractivity contribution in [1.29, 1.82) is 0 Å². The van der Waals surface area contributed by atoms with Crippen LogP contribution in [0.1, 0.15) is 48.3 Å². The van der Waals surface area contributed by atoms with E-state index < -0.39 is 46.8 Å². The molecule has 1 saturated carbocycles. The van der Waals surface area contributed by atoms with Gasteiger partial charge >= 0.3 is 0 Å². The quantitative estimate of drug-likeness (QED) is 0.151. The molecule has 2 aliphatic carbocycles. The van der Waals surface area contributed by atoms with E-state index in [9.17, 15) is 14.7 Å². The Morgan fingerprint density at radius 3 is 2.27 bits per heavy atom. The minimum atomic E-state index is -1.52. The smallest absolute Gasteiger partial charge is 0.246 e. The van der Waals surface area contributed by atoms with Gasteiger partial charge in [0, 0.05) is 46.7 Å². The van der Waals surface area contributed by atoms with Crippen molar-refractivity contribution in [3.63, 3.8) is 0 Å². The summed E-state index contributed by atoms with van der Waals surface area (Å²) < 4.78 is 6.24. The molecule has 11 heteroatoms. The predicted octanol–water partition coefficient (Wildman–Crippen LogP) is 7.64. The molecule has 4 aromatic rings. The first-order chi connectivity index (χ1) is 27.1. The molecule has 3 aliphatic heterocycles. The second-order valence-electron chi connectivity index (χ2n) is 15.7. The summed E-state index contributed by atoms with van der Waals surface area (Å²) in [5, 5.41) is 12.4. The maximum absolute atomic E-state index is 15.5. The third-order valence-corrected chi connectivity index (χ3v) is 13.7. The summed E-state index contributed by atoms with van der Waals surface area (Å²) in [5.74, 6) is -4.83. The number of halogens is 2. The molecule has 0 bridgehead atoms. The lowest BCUT2D eigenvalue weighted by molar-refractivity contribution is -0.144. The van der Waals surface area contributed by atoms with Crippen LogP contribution in [0.25, 0.3) is 0 Å². The number of anilines is 1. The fraction of sp³-hybridized carbons (Fsp3) is 0.333. The summed E-state index contributed by atoms with van der Waals surface area (Å²) in [4.78, 5) is 65.0.